The summed E-state index contributed by atoms with van der Waals surface area (Å²) in [6.45, 7) is 2.91. The lowest BCUT2D eigenvalue weighted by molar-refractivity contribution is 0.0801. The van der Waals surface area contributed by atoms with Gasteiger partial charge in [-0.3, -0.25) is 9.78 Å². The van der Waals surface area contributed by atoms with E-state index < -0.39 is 0 Å². The largest absolute Gasteiger partial charge is 0.340 e. The first kappa shape index (κ1) is 15.4. The van der Waals surface area contributed by atoms with Gasteiger partial charge < -0.3 is 10.6 Å². The van der Waals surface area contributed by atoms with Crippen LogP contribution < -0.4 is 5.73 Å². The van der Waals surface area contributed by atoms with Crippen molar-refractivity contribution in [1.29, 1.82) is 0 Å². The average Bonchev–Trinajstić information content (AvgIpc) is 2.37. The zero-order valence-corrected chi connectivity index (χ0v) is 11.9. The number of rotatable bonds is 3. The third kappa shape index (κ3) is 3.22. The average molecular weight is 280 g/mol. The van der Waals surface area contributed by atoms with Gasteiger partial charge in [-0.25, -0.2) is 0 Å². The summed E-state index contributed by atoms with van der Waals surface area (Å²) < 4.78 is 0. The lowest BCUT2D eigenvalue weighted by atomic mass is 10.1. The Morgan fingerprint density at radius 2 is 2.05 bits per heavy atom. The molecule has 4 nitrogen and oxygen atoms in total. The molecule has 0 spiro atoms. The first-order chi connectivity index (χ1) is 8.63. The second-order valence-electron chi connectivity index (χ2n) is 4.34. The summed E-state index contributed by atoms with van der Waals surface area (Å²) in [6.07, 6.45) is 0. The highest BCUT2D eigenvalue weighted by Gasteiger charge is 2.15. The van der Waals surface area contributed by atoms with Gasteiger partial charge in [0.2, 0.25) is 0 Å². The molecular formula is C14H18ClN3O. The Kier molecular flexibility index (Phi) is 5.27. The molecular weight excluding hydrogens is 262 g/mol. The molecule has 0 aliphatic heterocycles. The van der Waals surface area contributed by atoms with E-state index in [1.54, 1.807) is 11.9 Å². The topological polar surface area (TPSA) is 59.2 Å². The first-order valence-electron chi connectivity index (χ1n) is 5.95. The molecule has 0 atom stereocenters. The number of likely N-dealkylation sites (N-methyl/N-ethyl adjacent to an activating group) is 1. The van der Waals surface area contributed by atoms with E-state index in [1.165, 1.54) is 0 Å². The number of carbonyl (C=O) groups excluding carboxylic acids is 1. The van der Waals surface area contributed by atoms with Crippen LogP contribution in [0.3, 0.4) is 0 Å². The van der Waals surface area contributed by atoms with Crippen LogP contribution in [0, 0.1) is 6.92 Å². The lowest BCUT2D eigenvalue weighted by Crippen LogP contribution is -2.31. The molecule has 2 rings (SSSR count). The normalized spacial score (nSPS) is 10.1. The van der Waals surface area contributed by atoms with Crippen molar-refractivity contribution >= 4 is 29.2 Å². The molecule has 19 heavy (non-hydrogen) atoms. The molecule has 0 aliphatic carbocycles. The maximum absolute atomic E-state index is 12.3. The van der Waals surface area contributed by atoms with Gasteiger partial charge in [0.15, 0.2) is 0 Å². The lowest BCUT2D eigenvalue weighted by Gasteiger charge is -2.17. The van der Waals surface area contributed by atoms with E-state index in [0.29, 0.717) is 18.7 Å². The molecule has 2 aromatic rings. The van der Waals surface area contributed by atoms with E-state index in [-0.39, 0.29) is 18.3 Å². The molecule has 1 aromatic heterocycles. The van der Waals surface area contributed by atoms with E-state index in [2.05, 4.69) is 4.98 Å². The zero-order chi connectivity index (χ0) is 13.1. The minimum Gasteiger partial charge on any atom is -0.340 e. The van der Waals surface area contributed by atoms with Gasteiger partial charge in [0, 0.05) is 31.2 Å². The van der Waals surface area contributed by atoms with Crippen LogP contribution in [0.1, 0.15) is 16.1 Å². The summed E-state index contributed by atoms with van der Waals surface area (Å²) in [5.74, 6) is -0.0119. The number of hydrogen-bond donors (Lipinski definition) is 1. The fraction of sp³-hybridized carbons (Fsp3) is 0.286. The van der Waals surface area contributed by atoms with Gasteiger partial charge in [-0.15, -0.1) is 12.4 Å². The minimum atomic E-state index is -0.0119. The maximum atomic E-state index is 12.3. The Morgan fingerprint density at radius 3 is 2.74 bits per heavy atom. The van der Waals surface area contributed by atoms with Gasteiger partial charge in [-0.1, -0.05) is 18.2 Å². The van der Waals surface area contributed by atoms with Gasteiger partial charge >= 0.3 is 0 Å². The van der Waals surface area contributed by atoms with E-state index >= 15 is 0 Å². The van der Waals surface area contributed by atoms with Gasteiger partial charge in [-0.2, -0.15) is 0 Å². The number of amides is 1. The number of hydrogen-bond acceptors (Lipinski definition) is 3. The van der Waals surface area contributed by atoms with Crippen LogP contribution in [0.2, 0.25) is 0 Å². The number of halogens is 1. The fourth-order valence-electron chi connectivity index (χ4n) is 1.99. The summed E-state index contributed by atoms with van der Waals surface area (Å²) in [4.78, 5) is 18.4. The number of nitrogens with zero attached hydrogens (tertiary/aromatic N) is 2. The van der Waals surface area contributed by atoms with Crippen molar-refractivity contribution in [2.45, 2.75) is 6.92 Å². The van der Waals surface area contributed by atoms with E-state index in [1.807, 2.05) is 37.3 Å². The number of benzene rings is 1. The number of fused-ring (bicyclic) bond motifs is 1. The van der Waals surface area contributed by atoms with E-state index in [4.69, 9.17) is 5.73 Å². The molecule has 0 fully saturated rings. The molecule has 0 saturated carbocycles. The number of aromatic nitrogens is 1. The summed E-state index contributed by atoms with van der Waals surface area (Å²) in [5, 5.41) is 0.886. The molecule has 1 heterocycles. The first-order valence-corrected chi connectivity index (χ1v) is 5.95. The number of nitrogens with two attached hydrogens (primary N) is 1. The van der Waals surface area contributed by atoms with Crippen LogP contribution in [-0.4, -0.2) is 35.9 Å². The number of para-hydroxylation sites is 1. The van der Waals surface area contributed by atoms with Gasteiger partial charge in [0.05, 0.1) is 11.1 Å². The predicted octanol–water partition coefficient (Wildman–Crippen LogP) is 2.00. The Morgan fingerprint density at radius 1 is 1.37 bits per heavy atom. The monoisotopic (exact) mass is 279 g/mol. The summed E-state index contributed by atoms with van der Waals surface area (Å²) >= 11 is 0. The molecule has 0 bridgehead atoms. The zero-order valence-electron chi connectivity index (χ0n) is 11.1. The molecule has 1 aromatic carbocycles. The Labute approximate surface area is 119 Å². The molecule has 0 saturated heterocycles. The third-order valence-corrected chi connectivity index (χ3v) is 2.89. The van der Waals surface area contributed by atoms with Gasteiger partial charge in [-0.05, 0) is 19.1 Å². The molecule has 0 aliphatic rings. The predicted molar refractivity (Wildman–Crippen MR) is 79.7 cm³/mol. The quantitative estimate of drug-likeness (QED) is 0.935. The third-order valence-electron chi connectivity index (χ3n) is 2.89. The second kappa shape index (κ2) is 6.50. The van der Waals surface area contributed by atoms with Crippen LogP contribution >= 0.6 is 12.4 Å². The minimum absolute atomic E-state index is 0. The summed E-state index contributed by atoms with van der Waals surface area (Å²) in [6, 6.07) is 9.51. The van der Waals surface area contributed by atoms with Crippen molar-refractivity contribution in [3.8, 4) is 0 Å². The standard InChI is InChI=1S/C14H17N3O.ClH/c1-10-9-12(14(18)17(2)8-7-15)11-5-3-4-6-13(11)16-10;/h3-6,9H,7-8,15H2,1-2H3;1H. The number of carbonyl (C=O) groups is 1. The summed E-state index contributed by atoms with van der Waals surface area (Å²) in [7, 11) is 1.76. The molecule has 102 valence electrons. The Balaban J connectivity index is 0.00000180. The molecule has 0 radical (unpaired) electrons. The smallest absolute Gasteiger partial charge is 0.254 e. The van der Waals surface area contributed by atoms with Crippen molar-refractivity contribution in [2.75, 3.05) is 20.1 Å². The van der Waals surface area contributed by atoms with Crippen LogP contribution in [0.25, 0.3) is 10.9 Å². The number of aryl methyl sites for hydroxylation is 1. The van der Waals surface area contributed by atoms with Crippen LogP contribution in [0.4, 0.5) is 0 Å². The maximum Gasteiger partial charge on any atom is 0.254 e. The highest BCUT2D eigenvalue weighted by Crippen LogP contribution is 2.19. The second-order valence-corrected chi connectivity index (χ2v) is 4.34. The molecule has 2 N–H and O–H groups in total. The van der Waals surface area contributed by atoms with Crippen LogP contribution in [-0.2, 0) is 0 Å². The highest BCUT2D eigenvalue weighted by molar-refractivity contribution is 6.06. The number of pyridine rings is 1. The van der Waals surface area contributed by atoms with Gasteiger partial charge in [0.1, 0.15) is 0 Å². The van der Waals surface area contributed by atoms with Crippen LogP contribution in [0.5, 0.6) is 0 Å². The molecule has 5 heteroatoms. The summed E-state index contributed by atoms with van der Waals surface area (Å²) in [5.41, 5.74) is 7.87. The fourth-order valence-corrected chi connectivity index (χ4v) is 1.99. The van der Waals surface area contributed by atoms with Crippen molar-refractivity contribution < 1.29 is 4.79 Å². The van der Waals surface area contributed by atoms with Crippen molar-refractivity contribution in [1.82, 2.24) is 9.88 Å². The molecule has 1 amide bonds. The SMILES string of the molecule is Cc1cc(C(=O)N(C)CCN)c2ccccc2n1.Cl. The van der Waals surface area contributed by atoms with E-state index in [9.17, 15) is 4.79 Å². The Hall–Kier alpha value is -1.65. The molecule has 0 unspecified atom stereocenters. The van der Waals surface area contributed by atoms with Crippen molar-refractivity contribution in [3.05, 3.63) is 41.6 Å². The van der Waals surface area contributed by atoms with E-state index in [0.717, 1.165) is 16.6 Å². The van der Waals surface area contributed by atoms with Crippen LogP contribution in [0.15, 0.2) is 30.3 Å². The Bertz CT molecular complexity index is 586. The van der Waals surface area contributed by atoms with Crippen molar-refractivity contribution in [2.24, 2.45) is 5.73 Å². The van der Waals surface area contributed by atoms with Gasteiger partial charge in [0.25, 0.3) is 5.91 Å². The van der Waals surface area contributed by atoms with Crippen molar-refractivity contribution in [3.63, 3.8) is 0 Å². The highest BCUT2D eigenvalue weighted by atomic mass is 35.5.